The standard InChI is InChI=1S/C8H6O4.C4H8O2/c9-7(10)5-3-1-2-4-6(5)8(11)12;1-4(5-2)6-3/h1-4H,(H,9,10)(H,11,12);1H2,2-3H3. The summed E-state index contributed by atoms with van der Waals surface area (Å²) in [7, 11) is 3.01. The number of ether oxygens (including phenoxy) is 2. The number of hydrogen-bond donors (Lipinski definition) is 2. The summed E-state index contributed by atoms with van der Waals surface area (Å²) in [6.07, 6.45) is 0. The molecule has 0 aromatic heterocycles. The number of rotatable bonds is 4. The topological polar surface area (TPSA) is 93.1 Å². The highest BCUT2D eigenvalue weighted by atomic mass is 16.7. The van der Waals surface area contributed by atoms with Crippen molar-refractivity contribution in [3.63, 3.8) is 0 Å². The molecule has 0 amide bonds. The highest BCUT2D eigenvalue weighted by Crippen LogP contribution is 2.07. The van der Waals surface area contributed by atoms with Crippen molar-refractivity contribution in [3.05, 3.63) is 47.9 Å². The lowest BCUT2D eigenvalue weighted by atomic mass is 10.1. The van der Waals surface area contributed by atoms with E-state index >= 15 is 0 Å². The molecule has 0 aliphatic rings. The molecule has 6 nitrogen and oxygen atoms in total. The molecule has 0 saturated carbocycles. The van der Waals surface area contributed by atoms with Crippen LogP contribution >= 0.6 is 0 Å². The Morgan fingerprint density at radius 2 is 1.33 bits per heavy atom. The Morgan fingerprint density at radius 3 is 1.50 bits per heavy atom. The van der Waals surface area contributed by atoms with Gasteiger partial charge in [0.1, 0.15) is 0 Å². The van der Waals surface area contributed by atoms with Crippen molar-refractivity contribution in [1.29, 1.82) is 0 Å². The summed E-state index contributed by atoms with van der Waals surface area (Å²) in [5.41, 5.74) is -0.380. The van der Waals surface area contributed by atoms with Crippen molar-refractivity contribution in [1.82, 2.24) is 0 Å². The van der Waals surface area contributed by atoms with Crippen molar-refractivity contribution in [2.75, 3.05) is 14.2 Å². The molecule has 18 heavy (non-hydrogen) atoms. The van der Waals surface area contributed by atoms with E-state index in [-0.39, 0.29) is 11.1 Å². The maximum Gasteiger partial charge on any atom is 0.336 e. The number of carboxylic acid groups (broad SMARTS) is 2. The molecule has 0 aliphatic carbocycles. The van der Waals surface area contributed by atoms with Gasteiger partial charge in [-0.1, -0.05) is 12.1 Å². The van der Waals surface area contributed by atoms with Crippen molar-refractivity contribution < 1.29 is 29.3 Å². The van der Waals surface area contributed by atoms with Crippen LogP contribution in [-0.4, -0.2) is 36.4 Å². The molecule has 0 saturated heterocycles. The minimum Gasteiger partial charge on any atom is -0.478 e. The Labute approximate surface area is 104 Å². The van der Waals surface area contributed by atoms with Gasteiger partial charge in [-0.15, -0.1) is 0 Å². The van der Waals surface area contributed by atoms with Crippen LogP contribution in [0.4, 0.5) is 0 Å². The first-order valence-electron chi connectivity index (χ1n) is 4.76. The van der Waals surface area contributed by atoms with Gasteiger partial charge in [-0.25, -0.2) is 9.59 Å². The van der Waals surface area contributed by atoms with Crippen LogP contribution in [-0.2, 0) is 9.47 Å². The van der Waals surface area contributed by atoms with Gasteiger partial charge in [-0.05, 0) is 18.7 Å². The van der Waals surface area contributed by atoms with Crippen molar-refractivity contribution in [2.45, 2.75) is 0 Å². The van der Waals surface area contributed by atoms with E-state index in [1.807, 2.05) is 0 Å². The maximum absolute atomic E-state index is 10.5. The zero-order chi connectivity index (χ0) is 14.1. The van der Waals surface area contributed by atoms with Crippen LogP contribution < -0.4 is 0 Å². The Bertz CT molecular complexity index is 399. The van der Waals surface area contributed by atoms with E-state index in [1.165, 1.54) is 38.5 Å². The summed E-state index contributed by atoms with van der Waals surface area (Å²) in [6.45, 7) is 3.35. The quantitative estimate of drug-likeness (QED) is 0.796. The Hall–Kier alpha value is -2.50. The van der Waals surface area contributed by atoms with Crippen molar-refractivity contribution >= 4 is 11.9 Å². The van der Waals surface area contributed by atoms with Crippen LogP contribution in [0.5, 0.6) is 0 Å². The molecule has 98 valence electrons. The lowest BCUT2D eigenvalue weighted by Crippen LogP contribution is -2.06. The summed E-state index contributed by atoms with van der Waals surface area (Å²) in [5, 5.41) is 17.1. The number of methoxy groups -OCH3 is 2. The van der Waals surface area contributed by atoms with E-state index in [1.54, 1.807) is 0 Å². The predicted octanol–water partition coefficient (Wildman–Crippen LogP) is 1.83. The molecule has 0 atom stereocenters. The summed E-state index contributed by atoms with van der Waals surface area (Å²) >= 11 is 0. The lowest BCUT2D eigenvalue weighted by Gasteiger charge is -1.98. The van der Waals surface area contributed by atoms with E-state index in [0.29, 0.717) is 5.95 Å². The van der Waals surface area contributed by atoms with E-state index in [0.717, 1.165) is 0 Å². The first-order valence-corrected chi connectivity index (χ1v) is 4.76. The fourth-order valence-electron chi connectivity index (χ4n) is 0.939. The lowest BCUT2D eigenvalue weighted by molar-refractivity contribution is 0.0651. The number of hydrogen-bond acceptors (Lipinski definition) is 4. The van der Waals surface area contributed by atoms with Gasteiger partial charge in [0.25, 0.3) is 5.95 Å². The summed E-state index contributed by atoms with van der Waals surface area (Å²) in [4.78, 5) is 20.9. The first kappa shape index (κ1) is 15.5. The van der Waals surface area contributed by atoms with E-state index in [4.69, 9.17) is 10.2 Å². The molecule has 1 aromatic carbocycles. The van der Waals surface area contributed by atoms with Crippen LogP contribution in [0.15, 0.2) is 36.8 Å². The summed E-state index contributed by atoms with van der Waals surface area (Å²) in [5.74, 6) is -2.11. The molecule has 0 aliphatic heterocycles. The molecule has 0 heterocycles. The van der Waals surface area contributed by atoms with Gasteiger partial charge in [0.15, 0.2) is 0 Å². The third-order valence-corrected chi connectivity index (χ3v) is 1.84. The highest BCUT2D eigenvalue weighted by molar-refractivity contribution is 6.01. The molecule has 1 rings (SSSR count). The maximum atomic E-state index is 10.5. The minimum atomic E-state index is -1.23. The Kier molecular flexibility index (Phi) is 6.65. The largest absolute Gasteiger partial charge is 0.478 e. The van der Waals surface area contributed by atoms with E-state index in [9.17, 15) is 9.59 Å². The smallest absolute Gasteiger partial charge is 0.336 e. The molecule has 0 bridgehead atoms. The zero-order valence-electron chi connectivity index (χ0n) is 10.0. The molecule has 2 N–H and O–H groups in total. The van der Waals surface area contributed by atoms with Crippen LogP contribution in [0.25, 0.3) is 0 Å². The van der Waals surface area contributed by atoms with Crippen LogP contribution in [0.2, 0.25) is 0 Å². The molecule has 1 aromatic rings. The summed E-state index contributed by atoms with van der Waals surface area (Å²) in [6, 6.07) is 5.48. The first-order chi connectivity index (χ1) is 8.43. The van der Waals surface area contributed by atoms with E-state index < -0.39 is 11.9 Å². The third-order valence-electron chi connectivity index (χ3n) is 1.84. The monoisotopic (exact) mass is 254 g/mol. The van der Waals surface area contributed by atoms with Crippen molar-refractivity contribution in [2.24, 2.45) is 0 Å². The number of carboxylic acids is 2. The molecule has 0 radical (unpaired) electrons. The molecular weight excluding hydrogens is 240 g/mol. The zero-order valence-corrected chi connectivity index (χ0v) is 10.0. The van der Waals surface area contributed by atoms with Gasteiger partial charge in [-0.2, -0.15) is 0 Å². The van der Waals surface area contributed by atoms with E-state index in [2.05, 4.69) is 16.1 Å². The fourth-order valence-corrected chi connectivity index (χ4v) is 0.939. The van der Waals surface area contributed by atoms with Crippen LogP contribution in [0.1, 0.15) is 20.7 Å². The molecule has 0 fully saturated rings. The predicted molar refractivity (Wildman–Crippen MR) is 63.5 cm³/mol. The second-order valence-electron chi connectivity index (χ2n) is 2.94. The Morgan fingerprint density at radius 1 is 1.00 bits per heavy atom. The average molecular weight is 254 g/mol. The highest BCUT2D eigenvalue weighted by Gasteiger charge is 2.13. The SMILES string of the molecule is C=C(OC)OC.O=C(O)c1ccccc1C(=O)O. The summed E-state index contributed by atoms with van der Waals surface area (Å²) < 4.78 is 8.97. The van der Waals surface area contributed by atoms with Gasteiger partial charge in [-0.3, -0.25) is 0 Å². The second kappa shape index (κ2) is 7.72. The second-order valence-corrected chi connectivity index (χ2v) is 2.94. The number of aromatic carboxylic acids is 2. The Balaban J connectivity index is 0.000000411. The third kappa shape index (κ3) is 5.02. The minimum absolute atomic E-state index is 0.190. The van der Waals surface area contributed by atoms with Crippen LogP contribution in [0, 0.1) is 0 Å². The van der Waals surface area contributed by atoms with Gasteiger partial charge >= 0.3 is 11.9 Å². The van der Waals surface area contributed by atoms with Gasteiger partial charge in [0, 0.05) is 0 Å². The number of carbonyl (C=O) groups is 2. The fraction of sp³-hybridized carbons (Fsp3) is 0.167. The normalized spacial score (nSPS) is 8.56. The van der Waals surface area contributed by atoms with Gasteiger partial charge in [0.2, 0.25) is 0 Å². The molecular formula is C12H14O6. The molecule has 0 spiro atoms. The molecule has 0 unspecified atom stereocenters. The van der Waals surface area contributed by atoms with Crippen molar-refractivity contribution in [3.8, 4) is 0 Å². The van der Waals surface area contributed by atoms with Gasteiger partial charge in [0.05, 0.1) is 25.3 Å². The average Bonchev–Trinajstić information content (AvgIpc) is 2.38. The molecule has 6 heteroatoms. The van der Waals surface area contributed by atoms with Crippen LogP contribution in [0.3, 0.4) is 0 Å². The van der Waals surface area contributed by atoms with Gasteiger partial charge < -0.3 is 19.7 Å². The number of benzene rings is 1.